The number of nitrogens with zero attached hydrogens (tertiary/aromatic N) is 1. The number of benzene rings is 2. The molecule has 0 aliphatic rings. The van der Waals surface area contributed by atoms with E-state index in [0.29, 0.717) is 0 Å². The molecule has 0 spiro atoms. The second-order valence-electron chi connectivity index (χ2n) is 4.42. The van der Waals surface area contributed by atoms with Gasteiger partial charge >= 0.3 is 0 Å². The SMILES string of the molecule is COc1cccc(OC)c1-c1cccc2cccnc12. The summed E-state index contributed by atoms with van der Waals surface area (Å²) in [5, 5.41) is 1.10. The van der Waals surface area contributed by atoms with Crippen LogP contribution in [-0.2, 0) is 0 Å². The highest BCUT2D eigenvalue weighted by molar-refractivity contribution is 5.96. The van der Waals surface area contributed by atoms with Crippen molar-refractivity contribution >= 4 is 10.9 Å². The molecule has 1 aromatic heterocycles. The first kappa shape index (κ1) is 12.5. The lowest BCUT2D eigenvalue weighted by Gasteiger charge is -2.14. The van der Waals surface area contributed by atoms with Gasteiger partial charge < -0.3 is 9.47 Å². The van der Waals surface area contributed by atoms with E-state index in [1.807, 2.05) is 48.5 Å². The van der Waals surface area contributed by atoms with Crippen molar-refractivity contribution in [3.8, 4) is 22.6 Å². The normalized spacial score (nSPS) is 10.5. The number of pyridine rings is 1. The van der Waals surface area contributed by atoms with Gasteiger partial charge in [-0.05, 0) is 18.2 Å². The molecule has 2 aromatic carbocycles. The number of methoxy groups -OCH3 is 2. The molecule has 3 nitrogen and oxygen atoms in total. The van der Waals surface area contributed by atoms with Crippen LogP contribution >= 0.6 is 0 Å². The molecule has 3 aromatic rings. The number of hydrogen-bond acceptors (Lipinski definition) is 3. The van der Waals surface area contributed by atoms with Crippen molar-refractivity contribution in [2.45, 2.75) is 0 Å². The van der Waals surface area contributed by atoms with Gasteiger partial charge in [-0.25, -0.2) is 0 Å². The highest BCUT2D eigenvalue weighted by Crippen LogP contribution is 2.40. The average molecular weight is 265 g/mol. The minimum absolute atomic E-state index is 0.780. The molecular weight excluding hydrogens is 250 g/mol. The predicted molar refractivity (Wildman–Crippen MR) is 80.3 cm³/mol. The Morgan fingerprint density at radius 2 is 1.45 bits per heavy atom. The molecule has 0 N–H and O–H groups in total. The van der Waals surface area contributed by atoms with Crippen LogP contribution in [0.4, 0.5) is 0 Å². The molecule has 0 amide bonds. The second kappa shape index (κ2) is 5.21. The van der Waals surface area contributed by atoms with Gasteiger partial charge in [0.25, 0.3) is 0 Å². The number of rotatable bonds is 3. The molecule has 0 aliphatic carbocycles. The largest absolute Gasteiger partial charge is 0.496 e. The first-order chi connectivity index (χ1) is 9.85. The molecule has 0 saturated carbocycles. The lowest BCUT2D eigenvalue weighted by Crippen LogP contribution is -1.94. The van der Waals surface area contributed by atoms with Gasteiger partial charge in [0.05, 0.1) is 25.3 Å². The van der Waals surface area contributed by atoms with E-state index in [2.05, 4.69) is 4.98 Å². The molecule has 0 unspecified atom stereocenters. The fourth-order valence-electron chi connectivity index (χ4n) is 2.42. The van der Waals surface area contributed by atoms with Gasteiger partial charge in [-0.1, -0.05) is 30.3 Å². The summed E-state index contributed by atoms with van der Waals surface area (Å²) < 4.78 is 11.0. The highest BCUT2D eigenvalue weighted by atomic mass is 16.5. The molecule has 0 fully saturated rings. The zero-order chi connectivity index (χ0) is 13.9. The van der Waals surface area contributed by atoms with Crippen LogP contribution in [0.25, 0.3) is 22.0 Å². The van der Waals surface area contributed by atoms with Crippen LogP contribution < -0.4 is 9.47 Å². The molecule has 0 bridgehead atoms. The molecular formula is C17H15NO2. The molecule has 0 saturated heterocycles. The fraction of sp³-hybridized carbons (Fsp3) is 0.118. The van der Waals surface area contributed by atoms with Crippen LogP contribution in [0.5, 0.6) is 11.5 Å². The minimum Gasteiger partial charge on any atom is -0.496 e. The Labute approximate surface area is 117 Å². The fourth-order valence-corrected chi connectivity index (χ4v) is 2.42. The summed E-state index contributed by atoms with van der Waals surface area (Å²) in [6, 6.07) is 15.9. The third kappa shape index (κ3) is 1.97. The van der Waals surface area contributed by atoms with Crippen LogP contribution in [0, 0.1) is 0 Å². The van der Waals surface area contributed by atoms with Crippen LogP contribution in [0.1, 0.15) is 0 Å². The van der Waals surface area contributed by atoms with Crippen molar-refractivity contribution < 1.29 is 9.47 Å². The maximum absolute atomic E-state index is 5.48. The first-order valence-electron chi connectivity index (χ1n) is 6.40. The molecule has 0 aliphatic heterocycles. The molecule has 1 heterocycles. The Bertz CT molecular complexity index is 725. The van der Waals surface area contributed by atoms with Crippen molar-refractivity contribution in [2.24, 2.45) is 0 Å². The Balaban J connectivity index is 2.36. The molecule has 20 heavy (non-hydrogen) atoms. The Hall–Kier alpha value is -2.55. The molecule has 0 atom stereocenters. The van der Waals surface area contributed by atoms with Gasteiger partial charge in [-0.3, -0.25) is 4.98 Å². The zero-order valence-corrected chi connectivity index (χ0v) is 11.5. The van der Waals surface area contributed by atoms with E-state index in [4.69, 9.17) is 9.47 Å². The van der Waals surface area contributed by atoms with Crippen LogP contribution in [0.2, 0.25) is 0 Å². The number of fused-ring (bicyclic) bond motifs is 1. The van der Waals surface area contributed by atoms with E-state index in [-0.39, 0.29) is 0 Å². The van der Waals surface area contributed by atoms with Crippen molar-refractivity contribution in [3.63, 3.8) is 0 Å². The van der Waals surface area contributed by atoms with Gasteiger partial charge in [0.15, 0.2) is 0 Å². The molecule has 100 valence electrons. The standard InChI is InChI=1S/C17H15NO2/c1-19-14-9-4-10-15(20-2)16(14)13-8-3-6-12-7-5-11-18-17(12)13/h3-11H,1-2H3. The molecule has 3 rings (SSSR count). The van der Waals surface area contributed by atoms with Gasteiger partial charge in [0, 0.05) is 17.1 Å². The lowest BCUT2D eigenvalue weighted by atomic mass is 10.00. The summed E-state index contributed by atoms with van der Waals surface area (Å²) in [6.45, 7) is 0. The summed E-state index contributed by atoms with van der Waals surface area (Å²) in [5.41, 5.74) is 2.89. The highest BCUT2D eigenvalue weighted by Gasteiger charge is 2.15. The van der Waals surface area contributed by atoms with E-state index in [1.165, 1.54) is 0 Å². The third-order valence-electron chi connectivity index (χ3n) is 3.33. The van der Waals surface area contributed by atoms with E-state index in [0.717, 1.165) is 33.5 Å². The third-order valence-corrected chi connectivity index (χ3v) is 3.33. The second-order valence-corrected chi connectivity index (χ2v) is 4.42. The minimum atomic E-state index is 0.780. The summed E-state index contributed by atoms with van der Waals surface area (Å²) in [7, 11) is 3.33. The van der Waals surface area contributed by atoms with Crippen LogP contribution in [0.15, 0.2) is 54.7 Å². The van der Waals surface area contributed by atoms with Crippen molar-refractivity contribution in [3.05, 3.63) is 54.7 Å². The van der Waals surface area contributed by atoms with Crippen LogP contribution in [0.3, 0.4) is 0 Å². The monoisotopic (exact) mass is 265 g/mol. The lowest BCUT2D eigenvalue weighted by molar-refractivity contribution is 0.397. The van der Waals surface area contributed by atoms with Gasteiger partial charge in [-0.2, -0.15) is 0 Å². The topological polar surface area (TPSA) is 31.4 Å². The zero-order valence-electron chi connectivity index (χ0n) is 11.5. The Kier molecular flexibility index (Phi) is 3.25. The average Bonchev–Trinajstić information content (AvgIpc) is 2.53. The summed E-state index contributed by atoms with van der Waals surface area (Å²) >= 11 is 0. The van der Waals surface area contributed by atoms with Crippen LogP contribution in [-0.4, -0.2) is 19.2 Å². The maximum atomic E-state index is 5.48. The first-order valence-corrected chi connectivity index (χ1v) is 6.40. The smallest absolute Gasteiger partial charge is 0.130 e. The van der Waals surface area contributed by atoms with E-state index in [1.54, 1.807) is 20.4 Å². The van der Waals surface area contributed by atoms with Crippen molar-refractivity contribution in [1.29, 1.82) is 0 Å². The Morgan fingerprint density at radius 1 is 0.800 bits per heavy atom. The van der Waals surface area contributed by atoms with Crippen molar-refractivity contribution in [2.75, 3.05) is 14.2 Å². The van der Waals surface area contributed by atoms with Gasteiger partial charge in [-0.15, -0.1) is 0 Å². The number of ether oxygens (including phenoxy) is 2. The van der Waals surface area contributed by atoms with Gasteiger partial charge in [0.2, 0.25) is 0 Å². The van der Waals surface area contributed by atoms with E-state index < -0.39 is 0 Å². The number of hydrogen-bond donors (Lipinski definition) is 0. The quantitative estimate of drug-likeness (QED) is 0.719. The van der Waals surface area contributed by atoms with Crippen molar-refractivity contribution in [1.82, 2.24) is 4.98 Å². The molecule has 3 heteroatoms. The number of para-hydroxylation sites is 1. The summed E-state index contributed by atoms with van der Waals surface area (Å²) in [6.07, 6.45) is 1.80. The van der Waals surface area contributed by atoms with E-state index >= 15 is 0 Å². The molecule has 0 radical (unpaired) electrons. The summed E-state index contributed by atoms with van der Waals surface area (Å²) in [5.74, 6) is 1.56. The predicted octanol–water partition coefficient (Wildman–Crippen LogP) is 3.92. The maximum Gasteiger partial charge on any atom is 0.130 e. The van der Waals surface area contributed by atoms with Gasteiger partial charge in [0.1, 0.15) is 11.5 Å². The Morgan fingerprint density at radius 3 is 2.15 bits per heavy atom. The van der Waals surface area contributed by atoms with E-state index in [9.17, 15) is 0 Å². The number of aromatic nitrogens is 1. The summed E-state index contributed by atoms with van der Waals surface area (Å²) in [4.78, 5) is 4.50.